The molecular weight excluding hydrogens is 316 g/mol. The second-order valence-electron chi connectivity index (χ2n) is 6.28. The minimum atomic E-state index is -0.907. The van der Waals surface area contributed by atoms with E-state index in [2.05, 4.69) is 15.6 Å². The van der Waals surface area contributed by atoms with Crippen LogP contribution < -0.4 is 27.8 Å². The number of amides is 3. The van der Waals surface area contributed by atoms with Crippen molar-refractivity contribution in [1.29, 1.82) is 0 Å². The molecule has 0 radical (unpaired) electrons. The average Bonchev–Trinajstić information content (AvgIpc) is 2.39. The lowest BCUT2D eigenvalue weighted by Crippen LogP contribution is -2.52. The summed E-state index contributed by atoms with van der Waals surface area (Å²) < 4.78 is 5.13. The van der Waals surface area contributed by atoms with Crippen molar-refractivity contribution in [2.24, 2.45) is 22.2 Å². The molecule has 10 heteroatoms. The van der Waals surface area contributed by atoms with E-state index in [1.165, 1.54) is 6.92 Å². The molecule has 24 heavy (non-hydrogen) atoms. The van der Waals surface area contributed by atoms with E-state index in [9.17, 15) is 14.4 Å². The van der Waals surface area contributed by atoms with Gasteiger partial charge in [0.15, 0.2) is 5.96 Å². The van der Waals surface area contributed by atoms with Crippen molar-refractivity contribution in [3.05, 3.63) is 0 Å². The lowest BCUT2D eigenvalue weighted by Gasteiger charge is -2.24. The Kier molecular flexibility index (Phi) is 8.58. The molecule has 138 valence electrons. The van der Waals surface area contributed by atoms with Crippen LogP contribution in [0.4, 0.5) is 4.79 Å². The first-order valence-electron chi connectivity index (χ1n) is 7.57. The number of nitrogens with one attached hydrogen (secondary N) is 2. The minimum absolute atomic E-state index is 0.0570. The number of nitrogens with zero attached hydrogens (tertiary/aromatic N) is 1. The van der Waals surface area contributed by atoms with E-state index in [0.717, 1.165) is 0 Å². The lowest BCUT2D eigenvalue weighted by atomic mass is 10.1. The molecule has 0 aliphatic carbocycles. The monoisotopic (exact) mass is 344 g/mol. The number of carbonyl (C=O) groups is 3. The number of hydrogen-bond acceptors (Lipinski definition) is 5. The Hall–Kier alpha value is -2.52. The van der Waals surface area contributed by atoms with Crippen molar-refractivity contribution in [2.75, 3.05) is 6.54 Å². The zero-order valence-electron chi connectivity index (χ0n) is 14.6. The summed E-state index contributed by atoms with van der Waals surface area (Å²) in [6.07, 6.45) is -0.0411. The number of carbonyl (C=O) groups excluding carboxylic acids is 3. The van der Waals surface area contributed by atoms with E-state index in [-0.39, 0.29) is 12.4 Å². The van der Waals surface area contributed by atoms with Gasteiger partial charge in [-0.15, -0.1) is 0 Å². The summed E-state index contributed by atoms with van der Waals surface area (Å²) in [6.45, 7) is 6.86. The molecule has 0 rings (SSSR count). The van der Waals surface area contributed by atoms with Crippen LogP contribution in [0.15, 0.2) is 4.99 Å². The predicted molar refractivity (Wildman–Crippen MR) is 89.9 cm³/mol. The molecule has 0 saturated carbocycles. The first-order valence-corrected chi connectivity index (χ1v) is 7.57. The van der Waals surface area contributed by atoms with Gasteiger partial charge in [0.1, 0.15) is 17.7 Å². The van der Waals surface area contributed by atoms with Crippen LogP contribution in [-0.2, 0) is 14.3 Å². The van der Waals surface area contributed by atoms with Crippen LogP contribution in [0, 0.1) is 0 Å². The van der Waals surface area contributed by atoms with Crippen LogP contribution in [0.2, 0.25) is 0 Å². The normalized spacial score (nSPS) is 13.3. The second kappa shape index (κ2) is 9.58. The standard InChI is InChI=1S/C14H28N6O4/c1-8(10(15)21)19-11(22)9(6-5-7-18-12(16)17)20-13(23)24-14(2,3)4/h8-9H,5-7H2,1-4H3,(H2,15,21)(H,19,22)(H,20,23)(H4,16,17,18)/t8-,9-/m0/s1. The van der Waals surface area contributed by atoms with Gasteiger partial charge in [-0.1, -0.05) is 0 Å². The van der Waals surface area contributed by atoms with Gasteiger partial charge >= 0.3 is 6.09 Å². The molecule has 0 aromatic heterocycles. The molecule has 0 fully saturated rings. The van der Waals surface area contributed by atoms with Crippen molar-refractivity contribution < 1.29 is 19.1 Å². The molecular formula is C14H28N6O4. The lowest BCUT2D eigenvalue weighted by molar-refractivity contribution is -0.128. The molecule has 0 aliphatic heterocycles. The summed E-state index contributed by atoms with van der Waals surface area (Å²) >= 11 is 0. The van der Waals surface area contributed by atoms with Gasteiger partial charge in [-0.05, 0) is 40.5 Å². The van der Waals surface area contributed by atoms with Crippen molar-refractivity contribution in [2.45, 2.75) is 58.2 Å². The van der Waals surface area contributed by atoms with Gasteiger partial charge in [-0.3, -0.25) is 14.6 Å². The molecule has 2 atom stereocenters. The zero-order valence-corrected chi connectivity index (χ0v) is 14.6. The molecule has 0 aromatic rings. The third-order valence-corrected chi connectivity index (χ3v) is 2.74. The quantitative estimate of drug-likeness (QED) is 0.213. The van der Waals surface area contributed by atoms with Gasteiger partial charge in [0.25, 0.3) is 0 Å². The molecule has 0 aliphatic rings. The predicted octanol–water partition coefficient (Wildman–Crippen LogP) is -1.08. The van der Waals surface area contributed by atoms with E-state index in [1.807, 2.05) is 0 Å². The van der Waals surface area contributed by atoms with Gasteiger partial charge in [0, 0.05) is 6.54 Å². The van der Waals surface area contributed by atoms with E-state index >= 15 is 0 Å². The SMILES string of the molecule is C[C@H](NC(=O)[C@H](CCCN=C(N)N)NC(=O)OC(C)(C)C)C(N)=O. The Morgan fingerprint density at radius 2 is 1.71 bits per heavy atom. The highest BCUT2D eigenvalue weighted by Crippen LogP contribution is 2.08. The van der Waals surface area contributed by atoms with Crippen LogP contribution in [0.5, 0.6) is 0 Å². The summed E-state index contributed by atoms with van der Waals surface area (Å²) in [5.41, 5.74) is 14.9. The summed E-state index contributed by atoms with van der Waals surface area (Å²) in [4.78, 5) is 38.9. The molecule has 0 bridgehead atoms. The molecule has 3 amide bonds. The number of primary amides is 1. The van der Waals surface area contributed by atoms with Crippen molar-refractivity contribution >= 4 is 23.9 Å². The van der Waals surface area contributed by atoms with E-state index in [1.54, 1.807) is 20.8 Å². The molecule has 8 N–H and O–H groups in total. The molecule has 0 saturated heterocycles. The number of alkyl carbamates (subject to hydrolysis) is 1. The van der Waals surface area contributed by atoms with Crippen molar-refractivity contribution in [1.82, 2.24) is 10.6 Å². The number of guanidine groups is 1. The fourth-order valence-electron chi connectivity index (χ4n) is 1.61. The van der Waals surface area contributed by atoms with Crippen LogP contribution in [0.1, 0.15) is 40.5 Å². The number of rotatable bonds is 8. The minimum Gasteiger partial charge on any atom is -0.444 e. The maximum Gasteiger partial charge on any atom is 0.408 e. The number of hydrogen-bond donors (Lipinski definition) is 5. The zero-order chi connectivity index (χ0) is 18.9. The number of ether oxygens (including phenoxy) is 1. The smallest absolute Gasteiger partial charge is 0.408 e. The fraction of sp³-hybridized carbons (Fsp3) is 0.714. The third kappa shape index (κ3) is 10.2. The maximum atomic E-state index is 12.2. The van der Waals surface area contributed by atoms with Gasteiger partial charge < -0.3 is 32.6 Å². The Balaban J connectivity index is 4.81. The molecule has 10 nitrogen and oxygen atoms in total. The largest absolute Gasteiger partial charge is 0.444 e. The first-order chi connectivity index (χ1) is 10.9. The van der Waals surface area contributed by atoms with Crippen LogP contribution in [0.3, 0.4) is 0 Å². The van der Waals surface area contributed by atoms with Gasteiger partial charge in [0.2, 0.25) is 11.8 Å². The van der Waals surface area contributed by atoms with Crippen molar-refractivity contribution in [3.63, 3.8) is 0 Å². The Labute approximate surface area is 141 Å². The maximum absolute atomic E-state index is 12.2. The number of aliphatic imine (C=N–C) groups is 1. The second-order valence-corrected chi connectivity index (χ2v) is 6.28. The van der Waals surface area contributed by atoms with E-state index in [0.29, 0.717) is 13.0 Å². The van der Waals surface area contributed by atoms with E-state index in [4.69, 9.17) is 21.9 Å². The van der Waals surface area contributed by atoms with Gasteiger partial charge in [-0.2, -0.15) is 0 Å². The highest BCUT2D eigenvalue weighted by molar-refractivity contribution is 5.90. The molecule has 0 aromatic carbocycles. The Morgan fingerprint density at radius 3 is 2.17 bits per heavy atom. The van der Waals surface area contributed by atoms with Crippen LogP contribution >= 0.6 is 0 Å². The average molecular weight is 344 g/mol. The molecule has 0 heterocycles. The first kappa shape index (κ1) is 21.5. The summed E-state index contributed by atoms with van der Waals surface area (Å²) in [7, 11) is 0. The highest BCUT2D eigenvalue weighted by Gasteiger charge is 2.25. The Morgan fingerprint density at radius 1 is 1.12 bits per heavy atom. The topological polar surface area (TPSA) is 175 Å². The summed E-state index contributed by atoms with van der Waals surface area (Å²) in [6, 6.07) is -1.77. The third-order valence-electron chi connectivity index (χ3n) is 2.74. The summed E-state index contributed by atoms with van der Waals surface area (Å²) in [5.74, 6) is -1.28. The molecule has 0 unspecified atom stereocenters. The van der Waals surface area contributed by atoms with E-state index < -0.39 is 35.6 Å². The van der Waals surface area contributed by atoms with Crippen LogP contribution in [-0.4, -0.2) is 48.1 Å². The van der Waals surface area contributed by atoms with Crippen LogP contribution in [0.25, 0.3) is 0 Å². The van der Waals surface area contributed by atoms with Crippen molar-refractivity contribution in [3.8, 4) is 0 Å². The number of nitrogens with two attached hydrogens (primary N) is 3. The summed E-state index contributed by atoms with van der Waals surface area (Å²) in [5, 5.41) is 4.90. The van der Waals surface area contributed by atoms with Gasteiger partial charge in [0.05, 0.1) is 0 Å². The Bertz CT molecular complexity index is 482. The van der Waals surface area contributed by atoms with Gasteiger partial charge in [-0.25, -0.2) is 4.79 Å². The molecule has 0 spiro atoms. The fourth-order valence-corrected chi connectivity index (χ4v) is 1.61. The highest BCUT2D eigenvalue weighted by atomic mass is 16.6.